The van der Waals surface area contributed by atoms with E-state index in [-0.39, 0.29) is 12.3 Å². The first-order chi connectivity index (χ1) is 8.19. The highest BCUT2D eigenvalue weighted by Crippen LogP contribution is 2.37. The topological polar surface area (TPSA) is 47.6 Å². The normalized spacial score (nSPS) is 10.1. The van der Waals surface area contributed by atoms with E-state index in [9.17, 15) is 4.79 Å². The molecule has 5 heteroatoms. The zero-order chi connectivity index (χ0) is 12.8. The zero-order valence-electron chi connectivity index (χ0n) is 10.5. The van der Waals surface area contributed by atoms with Crippen LogP contribution in [0.15, 0.2) is 17.0 Å². The number of thioether (sulfide) groups is 1. The average molecular weight is 255 g/mol. The van der Waals surface area contributed by atoms with Crippen LogP contribution >= 0.6 is 11.8 Å². The van der Waals surface area contributed by atoms with Crippen LogP contribution in [0, 0.1) is 0 Å². The number of hydrogen-bond donors (Lipinski definition) is 1. The lowest BCUT2D eigenvalue weighted by Gasteiger charge is -2.14. The Bertz CT molecular complexity index is 407. The lowest BCUT2D eigenvalue weighted by atomic mass is 10.1. The van der Waals surface area contributed by atoms with Crippen molar-refractivity contribution in [2.45, 2.75) is 4.90 Å². The molecule has 4 nitrogen and oxygen atoms in total. The lowest BCUT2D eigenvalue weighted by molar-refractivity contribution is 0.0987. The summed E-state index contributed by atoms with van der Waals surface area (Å²) in [6.07, 6.45) is 1.91. The molecular formula is C12H17NO3S. The molecule has 0 fully saturated rings. The van der Waals surface area contributed by atoms with E-state index in [1.165, 1.54) is 11.8 Å². The summed E-state index contributed by atoms with van der Waals surface area (Å²) in [6, 6.07) is 3.56. The molecule has 0 aliphatic rings. The molecule has 0 bridgehead atoms. The fourth-order valence-electron chi connectivity index (χ4n) is 1.59. The number of methoxy groups -OCH3 is 2. The molecule has 0 saturated heterocycles. The minimum absolute atomic E-state index is 0.00685. The van der Waals surface area contributed by atoms with Gasteiger partial charge in [-0.15, -0.1) is 11.8 Å². The Balaban J connectivity index is 3.34. The van der Waals surface area contributed by atoms with Crippen LogP contribution in [0.4, 0.5) is 0 Å². The summed E-state index contributed by atoms with van der Waals surface area (Å²) >= 11 is 1.48. The van der Waals surface area contributed by atoms with Gasteiger partial charge in [0.15, 0.2) is 5.78 Å². The SMILES string of the molecule is CNCC(=O)c1c(OC)ccc(OC)c1SC. The predicted molar refractivity (Wildman–Crippen MR) is 69.6 cm³/mol. The molecule has 0 heterocycles. The Hall–Kier alpha value is -1.20. The minimum Gasteiger partial charge on any atom is -0.496 e. The monoisotopic (exact) mass is 255 g/mol. The van der Waals surface area contributed by atoms with Gasteiger partial charge < -0.3 is 14.8 Å². The van der Waals surface area contributed by atoms with Gasteiger partial charge in [-0.05, 0) is 25.4 Å². The van der Waals surface area contributed by atoms with Crippen LogP contribution in [0.5, 0.6) is 11.5 Å². The molecule has 0 unspecified atom stereocenters. The number of ketones is 1. The first kappa shape index (κ1) is 13.9. The van der Waals surface area contributed by atoms with Gasteiger partial charge in [0, 0.05) is 0 Å². The second kappa shape index (κ2) is 6.51. The summed E-state index contributed by atoms with van der Waals surface area (Å²) in [7, 11) is 4.89. The van der Waals surface area contributed by atoms with Crippen molar-refractivity contribution in [3.63, 3.8) is 0 Å². The molecule has 0 aliphatic heterocycles. The zero-order valence-corrected chi connectivity index (χ0v) is 11.3. The van der Waals surface area contributed by atoms with Gasteiger partial charge in [-0.25, -0.2) is 0 Å². The first-order valence-corrected chi connectivity index (χ1v) is 6.38. The lowest BCUT2D eigenvalue weighted by Crippen LogP contribution is -2.20. The van der Waals surface area contributed by atoms with Crippen molar-refractivity contribution in [3.05, 3.63) is 17.7 Å². The fraction of sp³-hybridized carbons (Fsp3) is 0.417. The van der Waals surface area contributed by atoms with E-state index in [2.05, 4.69) is 5.32 Å². The summed E-state index contributed by atoms with van der Waals surface area (Å²) < 4.78 is 10.5. The summed E-state index contributed by atoms with van der Waals surface area (Å²) in [5.41, 5.74) is 0.578. The quantitative estimate of drug-likeness (QED) is 0.620. The van der Waals surface area contributed by atoms with Crippen molar-refractivity contribution in [3.8, 4) is 11.5 Å². The highest BCUT2D eigenvalue weighted by molar-refractivity contribution is 7.98. The van der Waals surface area contributed by atoms with Crippen molar-refractivity contribution in [1.29, 1.82) is 0 Å². The van der Waals surface area contributed by atoms with Crippen LogP contribution < -0.4 is 14.8 Å². The van der Waals surface area contributed by atoms with E-state index in [0.717, 1.165) is 4.90 Å². The number of hydrogen-bond acceptors (Lipinski definition) is 5. The molecular weight excluding hydrogens is 238 g/mol. The maximum atomic E-state index is 12.1. The van der Waals surface area contributed by atoms with Gasteiger partial charge >= 0.3 is 0 Å². The van der Waals surface area contributed by atoms with Gasteiger partial charge in [-0.3, -0.25) is 4.79 Å². The number of Topliss-reactive ketones (excluding diaryl/α,β-unsaturated/α-hetero) is 1. The van der Waals surface area contributed by atoms with Crippen molar-refractivity contribution >= 4 is 17.5 Å². The predicted octanol–water partition coefficient (Wildman–Crippen LogP) is 1.83. The molecule has 1 aromatic rings. The summed E-state index contributed by atoms with van der Waals surface area (Å²) in [4.78, 5) is 12.9. The molecule has 94 valence electrons. The minimum atomic E-state index is -0.00685. The van der Waals surface area contributed by atoms with E-state index in [1.807, 2.05) is 6.26 Å². The standard InChI is InChI=1S/C12H17NO3S/c1-13-7-8(14)11-9(15-2)5-6-10(16-3)12(11)17-4/h5-6,13H,7H2,1-4H3. The van der Waals surface area contributed by atoms with Gasteiger partial charge in [-0.2, -0.15) is 0 Å². The highest BCUT2D eigenvalue weighted by Gasteiger charge is 2.19. The Morgan fingerprint density at radius 3 is 2.35 bits per heavy atom. The van der Waals surface area contributed by atoms with Crippen LogP contribution in [-0.2, 0) is 0 Å². The van der Waals surface area contributed by atoms with E-state index < -0.39 is 0 Å². The highest BCUT2D eigenvalue weighted by atomic mass is 32.2. The van der Waals surface area contributed by atoms with Crippen molar-refractivity contribution in [2.75, 3.05) is 34.1 Å². The van der Waals surface area contributed by atoms with Crippen LogP contribution in [0.2, 0.25) is 0 Å². The third-order valence-electron chi connectivity index (χ3n) is 2.34. The fourth-order valence-corrected chi connectivity index (χ4v) is 2.36. The second-order valence-corrected chi connectivity index (χ2v) is 4.15. The Morgan fingerprint density at radius 1 is 1.29 bits per heavy atom. The van der Waals surface area contributed by atoms with Crippen molar-refractivity contribution in [1.82, 2.24) is 5.32 Å². The number of likely N-dealkylation sites (N-methyl/N-ethyl adjacent to an activating group) is 1. The molecule has 0 radical (unpaired) electrons. The number of nitrogens with one attached hydrogen (secondary N) is 1. The van der Waals surface area contributed by atoms with Gasteiger partial charge in [0.2, 0.25) is 0 Å². The molecule has 0 spiro atoms. The molecule has 1 rings (SSSR count). The van der Waals surface area contributed by atoms with Crippen molar-refractivity contribution < 1.29 is 14.3 Å². The van der Waals surface area contributed by atoms with Gasteiger partial charge in [0.25, 0.3) is 0 Å². The maximum Gasteiger partial charge on any atom is 0.181 e. The van der Waals surface area contributed by atoms with Gasteiger partial charge in [0.05, 0.1) is 31.2 Å². The number of ether oxygens (including phenoxy) is 2. The third-order valence-corrected chi connectivity index (χ3v) is 3.16. The molecule has 0 amide bonds. The molecule has 0 aromatic heterocycles. The van der Waals surface area contributed by atoms with Gasteiger partial charge in [-0.1, -0.05) is 0 Å². The van der Waals surface area contributed by atoms with Crippen molar-refractivity contribution in [2.24, 2.45) is 0 Å². The maximum absolute atomic E-state index is 12.1. The van der Waals surface area contributed by atoms with Crippen LogP contribution in [0.25, 0.3) is 0 Å². The summed E-state index contributed by atoms with van der Waals surface area (Å²) in [5, 5.41) is 2.85. The van der Waals surface area contributed by atoms with E-state index >= 15 is 0 Å². The molecule has 1 aromatic carbocycles. The Kier molecular flexibility index (Phi) is 5.31. The largest absolute Gasteiger partial charge is 0.496 e. The van der Waals surface area contributed by atoms with E-state index in [4.69, 9.17) is 9.47 Å². The van der Waals surface area contributed by atoms with E-state index in [0.29, 0.717) is 17.1 Å². The first-order valence-electron chi connectivity index (χ1n) is 5.16. The second-order valence-electron chi connectivity index (χ2n) is 3.33. The number of rotatable bonds is 6. The van der Waals surface area contributed by atoms with Crippen LogP contribution in [0.3, 0.4) is 0 Å². The third kappa shape index (κ3) is 2.92. The summed E-state index contributed by atoms with van der Waals surface area (Å²) in [6.45, 7) is 0.275. The molecule has 1 N–H and O–H groups in total. The molecule has 0 aliphatic carbocycles. The van der Waals surface area contributed by atoms with Gasteiger partial charge in [0.1, 0.15) is 11.5 Å². The Morgan fingerprint density at radius 2 is 1.88 bits per heavy atom. The smallest absolute Gasteiger partial charge is 0.181 e. The number of carbonyl (C=O) groups is 1. The van der Waals surface area contributed by atoms with Crippen LogP contribution in [0.1, 0.15) is 10.4 Å². The number of benzene rings is 1. The van der Waals surface area contributed by atoms with Crippen LogP contribution in [-0.4, -0.2) is 39.9 Å². The molecule has 0 saturated carbocycles. The summed E-state index contributed by atoms with van der Waals surface area (Å²) in [5.74, 6) is 1.26. The number of carbonyl (C=O) groups excluding carboxylic acids is 1. The average Bonchev–Trinajstić information content (AvgIpc) is 2.36. The molecule has 0 atom stereocenters. The Labute approximate surface area is 106 Å². The van der Waals surface area contributed by atoms with E-state index in [1.54, 1.807) is 33.4 Å². The molecule has 17 heavy (non-hydrogen) atoms.